The zero-order chi connectivity index (χ0) is 13.2. The number of carbonyl (C=O) groups excluding carboxylic acids is 1. The Morgan fingerprint density at radius 2 is 2.06 bits per heavy atom. The van der Waals surface area contributed by atoms with E-state index in [2.05, 4.69) is 38.2 Å². The fraction of sp³-hybridized carbons (Fsp3) is 0.562. The normalized spacial score (nSPS) is 16.4. The van der Waals surface area contributed by atoms with Gasteiger partial charge in [0, 0.05) is 11.1 Å². The molecule has 2 rings (SSSR count). The zero-order valence-electron chi connectivity index (χ0n) is 11.6. The summed E-state index contributed by atoms with van der Waals surface area (Å²) >= 11 is 0. The minimum atomic E-state index is -0.0127. The predicted octanol–water partition coefficient (Wildman–Crippen LogP) is 3.52. The van der Waals surface area contributed by atoms with Crippen LogP contribution in [0.25, 0.3) is 0 Å². The van der Waals surface area contributed by atoms with Crippen molar-refractivity contribution in [3.63, 3.8) is 0 Å². The van der Waals surface area contributed by atoms with Gasteiger partial charge in [0.25, 0.3) is 0 Å². The molecule has 1 aliphatic rings. The molecule has 1 aromatic carbocycles. The monoisotopic (exact) mass is 245 g/mol. The van der Waals surface area contributed by atoms with Crippen molar-refractivity contribution in [1.82, 2.24) is 5.32 Å². The Labute approximate surface area is 110 Å². The van der Waals surface area contributed by atoms with Gasteiger partial charge in [0.15, 0.2) is 5.78 Å². The largest absolute Gasteiger partial charge is 0.305 e. The van der Waals surface area contributed by atoms with E-state index in [1.54, 1.807) is 0 Å². The van der Waals surface area contributed by atoms with Gasteiger partial charge < -0.3 is 5.32 Å². The third kappa shape index (κ3) is 3.42. The Kier molecular flexibility index (Phi) is 3.86. The van der Waals surface area contributed by atoms with Gasteiger partial charge in [-0.05, 0) is 51.2 Å². The first-order chi connectivity index (χ1) is 8.46. The van der Waals surface area contributed by atoms with Gasteiger partial charge in [0.1, 0.15) is 0 Å². The lowest BCUT2D eigenvalue weighted by atomic mass is 9.79. The molecule has 18 heavy (non-hydrogen) atoms. The number of nitrogens with one attached hydrogen (secondary N) is 1. The van der Waals surface area contributed by atoms with Gasteiger partial charge in [-0.25, -0.2) is 0 Å². The molecule has 2 heteroatoms. The van der Waals surface area contributed by atoms with Gasteiger partial charge in [-0.15, -0.1) is 0 Å². The van der Waals surface area contributed by atoms with Crippen molar-refractivity contribution in [1.29, 1.82) is 0 Å². The van der Waals surface area contributed by atoms with Crippen LogP contribution in [0, 0.1) is 0 Å². The second kappa shape index (κ2) is 5.23. The van der Waals surface area contributed by atoms with Crippen molar-refractivity contribution >= 4 is 5.78 Å². The molecule has 0 heterocycles. The van der Waals surface area contributed by atoms with Crippen LogP contribution in [0.1, 0.15) is 61.9 Å². The highest BCUT2D eigenvalue weighted by molar-refractivity contribution is 5.97. The summed E-state index contributed by atoms with van der Waals surface area (Å²) in [6, 6.07) is 8.17. The zero-order valence-corrected chi connectivity index (χ0v) is 11.6. The Bertz CT molecular complexity index is 427. The second-order valence-electron chi connectivity index (χ2n) is 6.28. The Hall–Kier alpha value is -1.15. The van der Waals surface area contributed by atoms with Crippen molar-refractivity contribution in [3.05, 3.63) is 35.4 Å². The summed E-state index contributed by atoms with van der Waals surface area (Å²) in [5, 5.41) is 3.25. The molecule has 1 saturated carbocycles. The highest BCUT2D eigenvalue weighted by Crippen LogP contribution is 2.36. The third-order valence-electron chi connectivity index (χ3n) is 3.56. The summed E-state index contributed by atoms with van der Waals surface area (Å²) in [7, 11) is 0. The van der Waals surface area contributed by atoms with Crippen molar-refractivity contribution in [2.75, 3.05) is 6.54 Å². The van der Waals surface area contributed by atoms with Crippen molar-refractivity contribution in [2.45, 2.75) is 51.5 Å². The summed E-state index contributed by atoms with van der Waals surface area (Å²) in [4.78, 5) is 12.1. The molecule has 0 radical (unpaired) electrons. The molecule has 0 atom stereocenters. The van der Waals surface area contributed by atoms with E-state index in [0.29, 0.717) is 12.5 Å². The molecular formula is C16H23NO. The number of rotatable bonds is 4. The maximum Gasteiger partial charge on any atom is 0.176 e. The number of hydrogen-bond donors (Lipinski definition) is 1. The van der Waals surface area contributed by atoms with Crippen LogP contribution in [0.3, 0.4) is 0 Å². The van der Waals surface area contributed by atoms with Crippen LogP contribution in [-0.4, -0.2) is 17.9 Å². The van der Waals surface area contributed by atoms with Crippen LogP contribution in [-0.2, 0) is 0 Å². The van der Waals surface area contributed by atoms with E-state index >= 15 is 0 Å². The fourth-order valence-electron chi connectivity index (χ4n) is 2.16. The standard InChI is InChI=1S/C16H23NO/c1-16(2,3)17-11-15(18)14-9-5-8-13(10-14)12-6-4-7-12/h5,8-10,12,17H,4,6-7,11H2,1-3H3. The Morgan fingerprint density at radius 3 is 2.61 bits per heavy atom. The first-order valence-electron chi connectivity index (χ1n) is 6.84. The maximum atomic E-state index is 12.1. The van der Waals surface area contributed by atoms with Gasteiger partial charge in [-0.3, -0.25) is 4.79 Å². The van der Waals surface area contributed by atoms with E-state index in [1.807, 2.05) is 12.1 Å². The smallest absolute Gasteiger partial charge is 0.176 e. The molecule has 0 aliphatic heterocycles. The predicted molar refractivity (Wildman–Crippen MR) is 75.1 cm³/mol. The second-order valence-corrected chi connectivity index (χ2v) is 6.28. The average molecular weight is 245 g/mol. The van der Waals surface area contributed by atoms with Crippen molar-refractivity contribution in [3.8, 4) is 0 Å². The number of ketones is 1. The molecule has 1 aliphatic carbocycles. The molecule has 1 aromatic rings. The molecular weight excluding hydrogens is 222 g/mol. The van der Waals surface area contributed by atoms with Gasteiger partial charge in [0.2, 0.25) is 0 Å². The number of carbonyl (C=O) groups is 1. The minimum Gasteiger partial charge on any atom is -0.305 e. The van der Waals surface area contributed by atoms with Gasteiger partial charge >= 0.3 is 0 Å². The van der Waals surface area contributed by atoms with Crippen LogP contribution < -0.4 is 5.32 Å². The molecule has 0 aromatic heterocycles. The number of Topliss-reactive ketones (excluding diaryl/α,β-unsaturated/α-hetero) is 1. The van der Waals surface area contributed by atoms with E-state index in [1.165, 1.54) is 24.8 Å². The van der Waals surface area contributed by atoms with E-state index in [-0.39, 0.29) is 11.3 Å². The first-order valence-corrected chi connectivity index (χ1v) is 6.84. The highest BCUT2D eigenvalue weighted by Gasteiger charge is 2.20. The molecule has 2 nitrogen and oxygen atoms in total. The lowest BCUT2D eigenvalue weighted by molar-refractivity contribution is 0.0982. The van der Waals surface area contributed by atoms with Crippen LogP contribution >= 0.6 is 0 Å². The SMILES string of the molecule is CC(C)(C)NCC(=O)c1cccc(C2CCC2)c1. The van der Waals surface area contributed by atoms with Crippen molar-refractivity contribution < 1.29 is 4.79 Å². The quantitative estimate of drug-likeness (QED) is 0.822. The van der Waals surface area contributed by atoms with Crippen LogP contribution in [0.15, 0.2) is 24.3 Å². The molecule has 1 fully saturated rings. The molecule has 98 valence electrons. The molecule has 0 unspecified atom stereocenters. The third-order valence-corrected chi connectivity index (χ3v) is 3.56. The Morgan fingerprint density at radius 1 is 1.33 bits per heavy atom. The molecule has 0 spiro atoms. The fourth-order valence-corrected chi connectivity index (χ4v) is 2.16. The molecule has 0 amide bonds. The van der Waals surface area contributed by atoms with Crippen molar-refractivity contribution in [2.24, 2.45) is 0 Å². The maximum absolute atomic E-state index is 12.1. The van der Waals surface area contributed by atoms with Crippen LogP contribution in [0.5, 0.6) is 0 Å². The van der Waals surface area contributed by atoms with Crippen LogP contribution in [0.2, 0.25) is 0 Å². The molecule has 0 bridgehead atoms. The summed E-state index contributed by atoms with van der Waals surface area (Å²) in [6.07, 6.45) is 3.88. The van der Waals surface area contributed by atoms with Gasteiger partial charge in [-0.1, -0.05) is 24.6 Å². The minimum absolute atomic E-state index is 0.0127. The van der Waals surface area contributed by atoms with E-state index in [9.17, 15) is 4.79 Å². The highest BCUT2D eigenvalue weighted by atomic mass is 16.1. The topological polar surface area (TPSA) is 29.1 Å². The molecule has 0 saturated heterocycles. The molecule has 1 N–H and O–H groups in total. The number of hydrogen-bond acceptors (Lipinski definition) is 2. The number of benzene rings is 1. The summed E-state index contributed by atoms with van der Waals surface area (Å²) in [5.74, 6) is 0.874. The summed E-state index contributed by atoms with van der Waals surface area (Å²) in [5.41, 5.74) is 2.17. The van der Waals surface area contributed by atoms with E-state index < -0.39 is 0 Å². The average Bonchev–Trinajstić information content (AvgIpc) is 2.23. The Balaban J connectivity index is 2.01. The lowest BCUT2D eigenvalue weighted by Crippen LogP contribution is -2.39. The van der Waals surface area contributed by atoms with Gasteiger partial charge in [-0.2, -0.15) is 0 Å². The van der Waals surface area contributed by atoms with Crippen LogP contribution in [0.4, 0.5) is 0 Å². The van der Waals surface area contributed by atoms with E-state index in [4.69, 9.17) is 0 Å². The lowest BCUT2D eigenvalue weighted by Gasteiger charge is -2.26. The summed E-state index contributed by atoms with van der Waals surface area (Å²) < 4.78 is 0. The first kappa shape index (κ1) is 13.3. The van der Waals surface area contributed by atoms with Gasteiger partial charge in [0.05, 0.1) is 6.54 Å². The van der Waals surface area contributed by atoms with E-state index in [0.717, 1.165) is 5.56 Å². The summed E-state index contributed by atoms with van der Waals surface area (Å²) in [6.45, 7) is 6.64.